The number of hydrogen-bond donors (Lipinski definition) is 0. The summed E-state index contributed by atoms with van der Waals surface area (Å²) in [7, 11) is 5.01. The quantitative estimate of drug-likeness (QED) is 0.293. The lowest BCUT2D eigenvalue weighted by Gasteiger charge is -2.59. The maximum Gasteiger partial charge on any atom is 0.0228 e. The van der Waals surface area contributed by atoms with Crippen molar-refractivity contribution in [2.75, 3.05) is 40.3 Å². The smallest absolute Gasteiger partial charge is 0.0228 e. The van der Waals surface area contributed by atoms with Crippen molar-refractivity contribution in [1.82, 2.24) is 9.80 Å². The molecule has 2 saturated heterocycles. The first kappa shape index (κ1) is 23.6. The minimum absolute atomic E-state index is 0.291. The Bertz CT molecular complexity index is 2120. The van der Waals surface area contributed by atoms with E-state index in [4.69, 9.17) is 0 Å². The van der Waals surface area contributed by atoms with Crippen LogP contribution in [0, 0.1) is 141 Å². The lowest BCUT2D eigenvalue weighted by Crippen LogP contribution is -2.56. The summed E-state index contributed by atoms with van der Waals surface area (Å²) in [4.78, 5) is 5.64. The van der Waals surface area contributed by atoms with Crippen LogP contribution < -0.4 is 0 Å². The van der Waals surface area contributed by atoms with Crippen molar-refractivity contribution in [1.29, 1.82) is 0 Å². The molecular formula is C46H46N2. The Kier molecular flexibility index (Phi) is 3.09. The van der Waals surface area contributed by atoms with Crippen LogP contribution >= 0.6 is 0 Å². The predicted molar refractivity (Wildman–Crippen MR) is 181 cm³/mol. The Morgan fingerprint density at radius 1 is 0.562 bits per heavy atom. The average molecular weight is 627 g/mol. The molecular weight excluding hydrogens is 581 g/mol. The number of allylic oxidation sites excluding steroid dienone is 11. The molecule has 0 aromatic carbocycles. The van der Waals surface area contributed by atoms with Crippen molar-refractivity contribution < 1.29 is 0 Å². The van der Waals surface area contributed by atoms with Gasteiger partial charge in [-0.2, -0.15) is 0 Å². The standard InChI is InChI=1S/C46H46N2/c1-47-11-21-22(12-47)24-20-6-4-16-18-8-10-46-14-48(2)13-45(46)9-7-17-15-3-5-19-23(21)31-32(24)36-28(20)26(16)34-30(18)44(46)42-41-37-33(29(17)43(42)45)25(15)27(19)35(31)39(37)40(36)38(34)41/h3,5,7-10,15-16,18-22,24-28,30,32,34-36,38-40,43-44H,4,6,11-14H2,1-2H3. The highest BCUT2D eigenvalue weighted by Crippen LogP contribution is 2.91. The summed E-state index contributed by atoms with van der Waals surface area (Å²) >= 11 is 0. The zero-order valence-electron chi connectivity index (χ0n) is 28.3. The van der Waals surface area contributed by atoms with E-state index >= 15 is 0 Å². The van der Waals surface area contributed by atoms with Crippen LogP contribution in [0.4, 0.5) is 0 Å². The minimum Gasteiger partial charge on any atom is -0.305 e. The lowest BCUT2D eigenvalue weighted by atomic mass is 9.44. The second-order valence-corrected chi connectivity index (χ2v) is 22.0. The van der Waals surface area contributed by atoms with E-state index in [0.717, 1.165) is 118 Å². The van der Waals surface area contributed by atoms with Crippen molar-refractivity contribution >= 4 is 0 Å². The van der Waals surface area contributed by atoms with E-state index in [9.17, 15) is 0 Å². The van der Waals surface area contributed by atoms with Crippen molar-refractivity contribution in [2.45, 2.75) is 12.8 Å². The summed E-state index contributed by atoms with van der Waals surface area (Å²) in [5, 5.41) is 0. The van der Waals surface area contributed by atoms with Crippen LogP contribution in [0.1, 0.15) is 12.8 Å². The average Bonchev–Trinajstić information content (AvgIpc) is 3.93. The molecule has 240 valence electrons. The molecule has 0 aromatic heterocycles. The molecule has 24 atom stereocenters. The Morgan fingerprint density at radius 3 is 2.35 bits per heavy atom. The van der Waals surface area contributed by atoms with Gasteiger partial charge in [0.25, 0.3) is 0 Å². The van der Waals surface area contributed by atoms with Crippen molar-refractivity contribution in [3.8, 4) is 0 Å². The van der Waals surface area contributed by atoms with E-state index in [1.54, 1.807) is 12.8 Å². The maximum atomic E-state index is 2.99. The van der Waals surface area contributed by atoms with E-state index in [2.05, 4.69) is 93.8 Å². The molecule has 7 saturated carbocycles. The second-order valence-electron chi connectivity index (χ2n) is 22.0. The summed E-state index contributed by atoms with van der Waals surface area (Å²) < 4.78 is 0. The summed E-state index contributed by atoms with van der Waals surface area (Å²) in [5.41, 5.74) is 17.2. The van der Waals surface area contributed by atoms with Crippen molar-refractivity contribution in [3.63, 3.8) is 0 Å². The first-order valence-corrected chi connectivity index (χ1v) is 21.0. The minimum atomic E-state index is 0.291. The van der Waals surface area contributed by atoms with Gasteiger partial charge in [-0.1, -0.05) is 53.2 Å². The third kappa shape index (κ3) is 1.71. The van der Waals surface area contributed by atoms with Crippen LogP contribution in [-0.4, -0.2) is 50.1 Å². The summed E-state index contributed by atoms with van der Waals surface area (Å²) in [5.74, 6) is 20.2. The highest BCUT2D eigenvalue weighted by Gasteiger charge is 2.86. The Hall–Kier alpha value is -1.90. The maximum absolute atomic E-state index is 2.99. The summed E-state index contributed by atoms with van der Waals surface area (Å²) in [6, 6.07) is 0. The van der Waals surface area contributed by atoms with Gasteiger partial charge in [0.15, 0.2) is 0 Å². The molecule has 0 bridgehead atoms. The molecule has 9 fully saturated rings. The lowest BCUT2D eigenvalue weighted by molar-refractivity contribution is -0.0814. The molecule has 18 rings (SSSR count). The zero-order valence-corrected chi connectivity index (χ0v) is 28.3. The van der Waals surface area contributed by atoms with Gasteiger partial charge in [0.2, 0.25) is 0 Å². The molecule has 0 radical (unpaired) electrons. The fourth-order valence-corrected chi connectivity index (χ4v) is 23.1. The molecule has 2 heteroatoms. The van der Waals surface area contributed by atoms with E-state index in [0.29, 0.717) is 22.7 Å². The van der Waals surface area contributed by atoms with Crippen LogP contribution in [0.2, 0.25) is 0 Å². The number of likely N-dealkylation sites (tertiary alicyclic amines) is 2. The molecule has 0 amide bonds. The number of nitrogens with zero attached hydrogens (tertiary/aromatic N) is 2. The van der Waals surface area contributed by atoms with Gasteiger partial charge in [-0.05, 0) is 167 Å². The third-order valence-corrected chi connectivity index (χ3v) is 22.3. The van der Waals surface area contributed by atoms with Crippen molar-refractivity contribution in [2.24, 2.45) is 141 Å². The van der Waals surface area contributed by atoms with E-state index in [1.165, 1.54) is 26.2 Å². The molecule has 2 heterocycles. The number of fused-ring (bicyclic) bond motifs is 7. The van der Waals surface area contributed by atoms with Gasteiger partial charge in [0, 0.05) is 54.8 Å². The van der Waals surface area contributed by atoms with E-state index < -0.39 is 0 Å². The van der Waals surface area contributed by atoms with E-state index in [-0.39, 0.29) is 0 Å². The Labute approximate surface area is 284 Å². The zero-order chi connectivity index (χ0) is 30.0. The van der Waals surface area contributed by atoms with Gasteiger partial charge in [-0.3, -0.25) is 0 Å². The highest BCUT2D eigenvalue weighted by molar-refractivity contribution is 5.76. The SMILES string of the molecule is CN1CC2C3=C4C5C6C7=C8C9=C(C=CC%10%11CN(C)CC%10%12C=CC%10C%13CCC%14C(C2C1)C4C1C6C2C7=C(C9%11)C%12C%10C2C%13C%141)C1C=CC3C5C81. The van der Waals surface area contributed by atoms with Crippen LogP contribution in [0.5, 0.6) is 0 Å². The molecule has 0 N–H and O–H groups in total. The highest BCUT2D eigenvalue weighted by atomic mass is 15.2. The molecule has 2 aliphatic heterocycles. The topological polar surface area (TPSA) is 6.48 Å². The first-order chi connectivity index (χ1) is 23.6. The molecule has 48 heavy (non-hydrogen) atoms. The molecule has 2 nitrogen and oxygen atoms in total. The normalized spacial score (nSPS) is 70.9. The fraction of sp³-hybridized carbons (Fsp3) is 0.696. The predicted octanol–water partition coefficient (Wildman–Crippen LogP) is 6.26. The summed E-state index contributed by atoms with van der Waals surface area (Å²) in [6.45, 7) is 5.38. The van der Waals surface area contributed by atoms with Crippen molar-refractivity contribution in [3.05, 3.63) is 81.0 Å². The fourth-order valence-electron chi connectivity index (χ4n) is 23.1. The molecule has 18 aliphatic rings. The van der Waals surface area contributed by atoms with Gasteiger partial charge < -0.3 is 9.80 Å². The van der Waals surface area contributed by atoms with Crippen LogP contribution in [-0.2, 0) is 0 Å². The van der Waals surface area contributed by atoms with Gasteiger partial charge in [-0.15, -0.1) is 0 Å². The molecule has 16 aliphatic carbocycles. The number of rotatable bonds is 0. The van der Waals surface area contributed by atoms with Gasteiger partial charge in [0.1, 0.15) is 0 Å². The summed E-state index contributed by atoms with van der Waals surface area (Å²) in [6.07, 6.45) is 20.7. The van der Waals surface area contributed by atoms with E-state index in [1.807, 2.05) is 11.1 Å². The van der Waals surface area contributed by atoms with Gasteiger partial charge in [0.05, 0.1) is 0 Å². The Balaban J connectivity index is 1.05. The Morgan fingerprint density at radius 2 is 1.40 bits per heavy atom. The van der Waals surface area contributed by atoms with Crippen LogP contribution in [0.15, 0.2) is 81.0 Å². The molecule has 2 spiro atoms. The van der Waals surface area contributed by atoms with Gasteiger partial charge >= 0.3 is 0 Å². The number of hydrogen-bond acceptors (Lipinski definition) is 2. The monoisotopic (exact) mass is 626 g/mol. The van der Waals surface area contributed by atoms with Gasteiger partial charge in [-0.25, -0.2) is 0 Å². The molecule has 24 unspecified atom stereocenters. The van der Waals surface area contributed by atoms with Crippen LogP contribution in [0.3, 0.4) is 0 Å². The largest absolute Gasteiger partial charge is 0.305 e. The first-order valence-electron chi connectivity index (χ1n) is 21.0. The molecule has 0 aromatic rings. The second kappa shape index (κ2) is 6.29. The van der Waals surface area contributed by atoms with Crippen LogP contribution in [0.25, 0.3) is 0 Å². The third-order valence-electron chi connectivity index (χ3n) is 22.3.